The summed E-state index contributed by atoms with van der Waals surface area (Å²) in [4.78, 5) is 19.6. The summed E-state index contributed by atoms with van der Waals surface area (Å²) in [5, 5.41) is 42.0. The first-order valence-corrected chi connectivity index (χ1v) is 5.64. The van der Waals surface area contributed by atoms with Crippen LogP contribution in [0.1, 0.15) is 13.3 Å². The smallest absolute Gasteiger partial charge is 0.331 e. The van der Waals surface area contributed by atoms with Crippen LogP contribution in [-0.4, -0.2) is 57.3 Å². The number of aliphatic hydroxyl groups excluding tert-OH is 3. The molecule has 0 heterocycles. The Bertz CT molecular complexity index is 291. The highest BCUT2D eigenvalue weighted by Crippen LogP contribution is 2.18. The largest absolute Gasteiger partial charge is 0.478 e. The lowest BCUT2D eigenvalue weighted by Gasteiger charge is -2.24. The van der Waals surface area contributed by atoms with Crippen LogP contribution in [-0.2, 0) is 14.3 Å². The van der Waals surface area contributed by atoms with Gasteiger partial charge >= 0.3 is 11.9 Å². The molecule has 116 valence electrons. The van der Waals surface area contributed by atoms with Crippen molar-refractivity contribution < 1.29 is 39.9 Å². The third-order valence-electron chi connectivity index (χ3n) is 2.33. The molecule has 0 aromatic heterocycles. The molecule has 8 heteroatoms. The molecule has 20 heavy (non-hydrogen) atoms. The lowest BCUT2D eigenvalue weighted by Crippen LogP contribution is -2.32. The number of hydrogen-bond donors (Lipinski definition) is 5. The Morgan fingerprint density at radius 1 is 0.950 bits per heavy atom. The summed E-state index contributed by atoms with van der Waals surface area (Å²) in [5.74, 6) is -2.32. The lowest BCUT2D eigenvalue weighted by atomic mass is 9.88. The van der Waals surface area contributed by atoms with Crippen molar-refractivity contribution in [1.29, 1.82) is 0 Å². The minimum Gasteiger partial charge on any atom is -0.478 e. The van der Waals surface area contributed by atoms with Gasteiger partial charge in [0.15, 0.2) is 0 Å². The van der Waals surface area contributed by atoms with E-state index >= 15 is 0 Å². The molecule has 5 N–H and O–H groups in total. The normalized spacial score (nSPS) is 11.2. The predicted octanol–water partition coefficient (Wildman–Crippen LogP) is -0.441. The summed E-state index contributed by atoms with van der Waals surface area (Å²) >= 11 is 0. The van der Waals surface area contributed by atoms with Crippen molar-refractivity contribution in [2.45, 2.75) is 13.3 Å². The molecule has 8 nitrogen and oxygen atoms in total. The molecule has 0 saturated heterocycles. The number of ether oxygens (including phenoxy) is 1. The summed E-state index contributed by atoms with van der Waals surface area (Å²) in [6, 6.07) is 0. The van der Waals surface area contributed by atoms with Crippen molar-refractivity contribution in [3.05, 3.63) is 24.7 Å². The van der Waals surface area contributed by atoms with Crippen LogP contribution in [0, 0.1) is 5.41 Å². The van der Waals surface area contributed by atoms with Gasteiger partial charge in [0.2, 0.25) is 0 Å². The molecule has 0 bridgehead atoms. The van der Waals surface area contributed by atoms with Crippen molar-refractivity contribution in [3.63, 3.8) is 0 Å². The van der Waals surface area contributed by atoms with Crippen LogP contribution >= 0.6 is 0 Å². The van der Waals surface area contributed by atoms with Crippen molar-refractivity contribution in [3.8, 4) is 0 Å². The van der Waals surface area contributed by atoms with Gasteiger partial charge in [-0.3, -0.25) is 0 Å². The fraction of sp³-hybridized carbons (Fsp3) is 0.500. The summed E-state index contributed by atoms with van der Waals surface area (Å²) < 4.78 is 4.33. The predicted molar refractivity (Wildman–Crippen MR) is 68.6 cm³/mol. The van der Waals surface area contributed by atoms with Crippen molar-refractivity contribution >= 4 is 11.9 Å². The highest BCUT2D eigenvalue weighted by Gasteiger charge is 2.24. The number of aliphatic carboxylic acids is 2. The number of aliphatic hydroxyl groups is 3. The van der Waals surface area contributed by atoms with Gasteiger partial charge in [-0.15, -0.1) is 0 Å². The number of carboxylic acids is 2. The van der Waals surface area contributed by atoms with E-state index in [0.29, 0.717) is 6.42 Å². The molecule has 0 amide bonds. The van der Waals surface area contributed by atoms with Crippen molar-refractivity contribution in [2.24, 2.45) is 5.41 Å². The first kappa shape index (κ1) is 20.4. The van der Waals surface area contributed by atoms with Gasteiger partial charge in [0, 0.05) is 5.41 Å². The molecule has 0 aromatic carbocycles. The molecule has 0 fully saturated rings. The Balaban J connectivity index is 0. The van der Waals surface area contributed by atoms with E-state index in [9.17, 15) is 9.59 Å². The number of carbonyl (C=O) groups is 2. The molecule has 0 aromatic rings. The van der Waals surface area contributed by atoms with E-state index in [1.165, 1.54) is 0 Å². The second-order valence-corrected chi connectivity index (χ2v) is 3.75. The Morgan fingerprint density at radius 3 is 1.45 bits per heavy atom. The zero-order valence-electron chi connectivity index (χ0n) is 11.1. The first-order valence-electron chi connectivity index (χ1n) is 5.64. The minimum absolute atomic E-state index is 0.156. The van der Waals surface area contributed by atoms with Gasteiger partial charge in [-0.1, -0.05) is 6.92 Å². The highest BCUT2D eigenvalue weighted by atomic mass is 16.5. The third-order valence-corrected chi connectivity index (χ3v) is 2.33. The molecule has 0 atom stereocenters. The molecule has 0 saturated carbocycles. The van der Waals surface area contributed by atoms with Crippen molar-refractivity contribution in [2.75, 3.05) is 19.8 Å². The number of carboxylic acid groups (broad SMARTS) is 2. The summed E-state index contributed by atoms with van der Waals surface area (Å²) in [7, 11) is 0. The highest BCUT2D eigenvalue weighted by molar-refractivity contribution is 5.80. The van der Waals surface area contributed by atoms with Gasteiger partial charge in [0.1, 0.15) is 0 Å². The Kier molecular flexibility index (Phi) is 12.4. The summed E-state index contributed by atoms with van der Waals surface area (Å²) in [6.45, 7) is 1.35. The zero-order valence-corrected chi connectivity index (χ0v) is 11.1. The van der Waals surface area contributed by atoms with Gasteiger partial charge in [-0.2, -0.15) is 0 Å². The number of hydrogen-bond acceptors (Lipinski definition) is 6. The van der Waals surface area contributed by atoms with Crippen LogP contribution in [0.15, 0.2) is 24.7 Å². The molecule has 0 radical (unpaired) electrons. The monoisotopic (exact) mass is 292 g/mol. The standard InChI is InChI=1S/C6H6O5.C6H14O3/c7-5(8)1-3-11-4-2-6(9)10;1-2-6(3-7,4-8)5-9/h1-4H,(H,7,8)(H,9,10);7-9H,2-5H2,1H3. The van der Waals surface area contributed by atoms with E-state index in [0.717, 1.165) is 24.7 Å². The quantitative estimate of drug-likeness (QED) is 0.299. The molecule has 0 aliphatic heterocycles. The molecule has 0 rings (SSSR count). The van der Waals surface area contributed by atoms with E-state index in [2.05, 4.69) is 4.74 Å². The topological polar surface area (TPSA) is 145 Å². The van der Waals surface area contributed by atoms with E-state index in [-0.39, 0.29) is 19.8 Å². The lowest BCUT2D eigenvalue weighted by molar-refractivity contribution is -0.132. The minimum atomic E-state index is -1.16. The SMILES string of the molecule is CCC(CO)(CO)CO.O=C(O)C=COC=CC(=O)O. The van der Waals surface area contributed by atoms with Gasteiger partial charge in [0.25, 0.3) is 0 Å². The van der Waals surface area contributed by atoms with Crippen LogP contribution in [0.2, 0.25) is 0 Å². The molecule has 0 aliphatic carbocycles. The molecule has 0 spiro atoms. The second-order valence-electron chi connectivity index (χ2n) is 3.75. The first-order chi connectivity index (χ1) is 9.37. The van der Waals surface area contributed by atoms with Crippen LogP contribution in [0.3, 0.4) is 0 Å². The van der Waals surface area contributed by atoms with Crippen LogP contribution in [0.5, 0.6) is 0 Å². The van der Waals surface area contributed by atoms with E-state index in [4.69, 9.17) is 25.5 Å². The molecular weight excluding hydrogens is 272 g/mol. The fourth-order valence-electron chi connectivity index (χ4n) is 0.726. The molecular formula is C12H20O8. The Hall–Kier alpha value is -1.90. The van der Waals surface area contributed by atoms with Crippen LogP contribution < -0.4 is 0 Å². The Morgan fingerprint density at radius 2 is 1.30 bits per heavy atom. The molecule has 0 aliphatic rings. The maximum atomic E-state index is 9.79. The maximum absolute atomic E-state index is 9.79. The van der Waals surface area contributed by atoms with Gasteiger partial charge in [0.05, 0.1) is 44.5 Å². The van der Waals surface area contributed by atoms with Gasteiger partial charge < -0.3 is 30.3 Å². The van der Waals surface area contributed by atoms with Crippen molar-refractivity contribution in [1.82, 2.24) is 0 Å². The summed E-state index contributed by atoms with van der Waals surface area (Å²) in [6.07, 6.45) is 3.80. The average Bonchev–Trinajstić information content (AvgIpc) is 2.42. The fourth-order valence-corrected chi connectivity index (χ4v) is 0.726. The zero-order chi connectivity index (χ0) is 16.0. The van der Waals surface area contributed by atoms with E-state index in [1.54, 1.807) is 0 Å². The van der Waals surface area contributed by atoms with Gasteiger partial charge in [-0.25, -0.2) is 9.59 Å². The average molecular weight is 292 g/mol. The van der Waals surface area contributed by atoms with E-state index < -0.39 is 17.4 Å². The third kappa shape index (κ3) is 11.2. The summed E-state index contributed by atoms with van der Waals surface area (Å²) in [5.41, 5.74) is -0.667. The Labute approximate surface area is 116 Å². The maximum Gasteiger partial charge on any atom is 0.331 e. The van der Waals surface area contributed by atoms with Gasteiger partial charge in [-0.05, 0) is 6.42 Å². The molecule has 0 unspecified atom stereocenters. The van der Waals surface area contributed by atoms with Crippen LogP contribution in [0.4, 0.5) is 0 Å². The number of rotatable bonds is 8. The van der Waals surface area contributed by atoms with E-state index in [1.807, 2.05) is 6.92 Å². The second kappa shape index (κ2) is 12.2. The van der Waals surface area contributed by atoms with Crippen LogP contribution in [0.25, 0.3) is 0 Å².